The highest BCUT2D eigenvalue weighted by Gasteiger charge is 2.39. The minimum atomic E-state index is -4.52. The molecular formula is C26H26F3N7O2. The first-order valence-corrected chi connectivity index (χ1v) is 12.9. The van der Waals surface area contributed by atoms with Crippen molar-refractivity contribution in [1.29, 1.82) is 0 Å². The van der Waals surface area contributed by atoms with Crippen LogP contribution in [0.1, 0.15) is 55.0 Å². The molecule has 2 aliphatic heterocycles. The van der Waals surface area contributed by atoms with Crippen molar-refractivity contribution in [2.24, 2.45) is 0 Å². The first kappa shape index (κ1) is 23.4. The summed E-state index contributed by atoms with van der Waals surface area (Å²) in [5, 5.41) is 12.7. The average Bonchev–Trinajstić information content (AvgIpc) is 3.53. The van der Waals surface area contributed by atoms with Crippen molar-refractivity contribution < 1.29 is 22.6 Å². The number of fused-ring (bicyclic) bond motifs is 2. The first-order valence-electron chi connectivity index (χ1n) is 12.9. The van der Waals surface area contributed by atoms with E-state index in [1.807, 2.05) is 35.4 Å². The number of aromatic nitrogens is 6. The third-order valence-corrected chi connectivity index (χ3v) is 7.58. The van der Waals surface area contributed by atoms with E-state index in [1.54, 1.807) is 6.20 Å². The van der Waals surface area contributed by atoms with Crippen molar-refractivity contribution in [1.82, 2.24) is 29.5 Å². The number of alkyl halides is 3. The van der Waals surface area contributed by atoms with E-state index in [4.69, 9.17) is 9.47 Å². The van der Waals surface area contributed by atoms with Crippen LogP contribution in [-0.2, 0) is 24.0 Å². The van der Waals surface area contributed by atoms with Gasteiger partial charge in [0, 0.05) is 49.5 Å². The summed E-state index contributed by atoms with van der Waals surface area (Å²) in [6.07, 6.45) is 3.19. The van der Waals surface area contributed by atoms with Gasteiger partial charge >= 0.3 is 6.18 Å². The molecule has 0 amide bonds. The summed E-state index contributed by atoms with van der Waals surface area (Å²) in [7, 11) is 0. The Bertz CT molecular complexity index is 1490. The summed E-state index contributed by atoms with van der Waals surface area (Å²) in [4.78, 5) is 6.54. The fraction of sp³-hybridized carbons (Fsp3) is 0.462. The van der Waals surface area contributed by atoms with E-state index in [1.165, 1.54) is 0 Å². The minimum absolute atomic E-state index is 0.158. The molecule has 0 radical (unpaired) electrons. The molecule has 9 nitrogen and oxygen atoms in total. The highest BCUT2D eigenvalue weighted by Crippen LogP contribution is 2.44. The summed E-state index contributed by atoms with van der Waals surface area (Å²) in [5.74, 6) is 1.16. The normalized spacial score (nSPS) is 18.7. The van der Waals surface area contributed by atoms with Gasteiger partial charge in [-0.05, 0) is 49.9 Å². The van der Waals surface area contributed by atoms with Gasteiger partial charge in [-0.25, -0.2) is 0 Å². The molecule has 0 unspecified atom stereocenters. The zero-order chi connectivity index (χ0) is 25.9. The van der Waals surface area contributed by atoms with Crippen molar-refractivity contribution in [3.8, 4) is 11.5 Å². The van der Waals surface area contributed by atoms with Crippen molar-refractivity contribution in [3.63, 3.8) is 0 Å². The Hall–Kier alpha value is -3.67. The highest BCUT2D eigenvalue weighted by molar-refractivity contribution is 5.88. The number of halogens is 3. The number of pyridine rings is 1. The monoisotopic (exact) mass is 525 g/mol. The highest BCUT2D eigenvalue weighted by atomic mass is 19.4. The molecule has 0 atom stereocenters. The molecule has 1 aliphatic carbocycles. The quantitative estimate of drug-likeness (QED) is 0.359. The molecule has 3 aromatic heterocycles. The molecule has 12 heteroatoms. The summed E-state index contributed by atoms with van der Waals surface area (Å²) in [6.45, 7) is 2.28. The molecule has 1 saturated carbocycles. The van der Waals surface area contributed by atoms with Crippen molar-refractivity contribution >= 4 is 16.6 Å². The largest absolute Gasteiger partial charge is 0.453 e. The summed E-state index contributed by atoms with van der Waals surface area (Å²) >= 11 is 0. The van der Waals surface area contributed by atoms with Gasteiger partial charge in [-0.2, -0.15) is 18.3 Å². The van der Waals surface area contributed by atoms with Gasteiger partial charge in [-0.1, -0.05) is 0 Å². The molecule has 1 aromatic carbocycles. The number of rotatable bonds is 5. The topological polar surface area (TPSA) is 83.1 Å². The lowest BCUT2D eigenvalue weighted by Crippen LogP contribution is -2.35. The van der Waals surface area contributed by atoms with Gasteiger partial charge in [-0.15, -0.1) is 10.2 Å². The van der Waals surface area contributed by atoms with Crippen molar-refractivity contribution in [3.05, 3.63) is 54.0 Å². The number of hydrogen-bond acceptors (Lipinski definition) is 7. The smallest absolute Gasteiger partial charge is 0.451 e. The SMILES string of the molecule is FC(F)(F)c1nnc2n1CCN(c1ccc3c(Oc4cnn(C5CC5)c4C4CCOCC4)ccnc3c1)C2. The molecule has 0 spiro atoms. The number of hydrogen-bond donors (Lipinski definition) is 0. The molecule has 3 aliphatic rings. The molecule has 7 rings (SSSR count). The van der Waals surface area contributed by atoms with E-state index in [-0.39, 0.29) is 13.1 Å². The van der Waals surface area contributed by atoms with E-state index < -0.39 is 12.0 Å². The Morgan fingerprint density at radius 3 is 2.61 bits per heavy atom. The lowest BCUT2D eigenvalue weighted by atomic mass is 9.96. The zero-order valence-electron chi connectivity index (χ0n) is 20.6. The van der Waals surface area contributed by atoms with Gasteiger partial charge in [0.1, 0.15) is 5.75 Å². The van der Waals surface area contributed by atoms with Gasteiger partial charge in [0.2, 0.25) is 5.82 Å². The van der Waals surface area contributed by atoms with Crippen molar-refractivity contribution in [2.75, 3.05) is 24.7 Å². The van der Waals surface area contributed by atoms with Crippen LogP contribution in [-0.4, -0.2) is 49.3 Å². The van der Waals surface area contributed by atoms with Crippen LogP contribution in [0.5, 0.6) is 11.5 Å². The number of nitrogens with zero attached hydrogens (tertiary/aromatic N) is 7. The van der Waals surface area contributed by atoms with E-state index >= 15 is 0 Å². The van der Waals surface area contributed by atoms with E-state index in [2.05, 4.69) is 25.0 Å². The third kappa shape index (κ3) is 4.16. The molecule has 5 heterocycles. The molecule has 2 fully saturated rings. The summed E-state index contributed by atoms with van der Waals surface area (Å²) in [5.41, 5.74) is 2.74. The van der Waals surface area contributed by atoms with Gasteiger partial charge in [0.25, 0.3) is 0 Å². The predicted octanol–water partition coefficient (Wildman–Crippen LogP) is 5.08. The molecule has 38 heavy (non-hydrogen) atoms. The van der Waals surface area contributed by atoms with Crippen LogP contribution in [0.4, 0.5) is 18.9 Å². The second-order valence-corrected chi connectivity index (χ2v) is 10.1. The Morgan fingerprint density at radius 2 is 1.82 bits per heavy atom. The van der Waals surface area contributed by atoms with Crippen LogP contribution >= 0.6 is 0 Å². The lowest BCUT2D eigenvalue weighted by Gasteiger charge is -2.30. The lowest BCUT2D eigenvalue weighted by molar-refractivity contribution is -0.147. The number of anilines is 1. The number of benzene rings is 1. The maximum absolute atomic E-state index is 13.2. The average molecular weight is 526 g/mol. The van der Waals surface area contributed by atoms with E-state index in [0.717, 1.165) is 71.5 Å². The molecule has 4 aromatic rings. The first-order chi connectivity index (χ1) is 18.5. The van der Waals surface area contributed by atoms with Crippen molar-refractivity contribution in [2.45, 2.75) is 56.9 Å². The number of ether oxygens (including phenoxy) is 2. The Morgan fingerprint density at radius 1 is 0.974 bits per heavy atom. The molecule has 198 valence electrons. The van der Waals surface area contributed by atoms with Crippen LogP contribution in [0.3, 0.4) is 0 Å². The van der Waals surface area contributed by atoms with E-state index in [9.17, 15) is 13.2 Å². The second kappa shape index (κ2) is 8.97. The molecule has 1 saturated heterocycles. The maximum Gasteiger partial charge on any atom is 0.451 e. The van der Waals surface area contributed by atoms with Crippen LogP contribution in [0.15, 0.2) is 36.7 Å². The molecular weight excluding hydrogens is 499 g/mol. The Labute approximate surface area is 216 Å². The summed E-state index contributed by atoms with van der Waals surface area (Å²) in [6, 6.07) is 8.13. The van der Waals surface area contributed by atoms with Crippen LogP contribution in [0, 0.1) is 0 Å². The van der Waals surface area contributed by atoms with Gasteiger partial charge in [-0.3, -0.25) is 9.67 Å². The van der Waals surface area contributed by atoms with Crippen LogP contribution < -0.4 is 9.64 Å². The third-order valence-electron chi connectivity index (χ3n) is 7.58. The standard InChI is InChI=1S/C26H26F3N7O2/c27-26(28,29)25-33-32-23-15-34(9-10-35(23)25)18-3-4-19-20(13-18)30-8-5-21(19)38-22-14-31-36(17-1-2-17)24(22)16-6-11-37-12-7-16/h3-5,8,13-14,16-17H,1-2,6-7,9-12,15H2. The van der Waals surface area contributed by atoms with Gasteiger partial charge in [0.15, 0.2) is 11.6 Å². The fourth-order valence-electron chi connectivity index (χ4n) is 5.51. The minimum Gasteiger partial charge on any atom is -0.453 e. The Kier molecular flexibility index (Phi) is 5.53. The second-order valence-electron chi connectivity index (χ2n) is 10.1. The fourth-order valence-corrected chi connectivity index (χ4v) is 5.51. The van der Waals surface area contributed by atoms with E-state index in [0.29, 0.717) is 30.1 Å². The van der Waals surface area contributed by atoms with Gasteiger partial charge in [0.05, 0.1) is 30.0 Å². The maximum atomic E-state index is 13.2. The van der Waals surface area contributed by atoms with Crippen LogP contribution in [0.25, 0.3) is 10.9 Å². The Balaban J connectivity index is 1.17. The van der Waals surface area contributed by atoms with Crippen LogP contribution in [0.2, 0.25) is 0 Å². The summed E-state index contributed by atoms with van der Waals surface area (Å²) < 4.78 is 55.0. The predicted molar refractivity (Wildman–Crippen MR) is 131 cm³/mol. The van der Waals surface area contributed by atoms with Gasteiger partial charge < -0.3 is 18.9 Å². The molecule has 0 N–H and O–H groups in total. The zero-order valence-corrected chi connectivity index (χ0v) is 20.6. The molecule has 0 bridgehead atoms.